The van der Waals surface area contributed by atoms with E-state index in [1.807, 2.05) is 0 Å². The molecule has 7 heteroatoms. The molecule has 0 aromatic carbocycles. The number of rotatable bonds is 8. The Morgan fingerprint density at radius 2 is 1.29 bits per heavy atom. The zero-order chi connectivity index (χ0) is 20.5. The van der Waals surface area contributed by atoms with Crippen LogP contribution in [-0.2, 0) is 28.7 Å². The molecule has 2 aliphatic carbocycles. The maximum Gasteiger partial charge on any atom is 0.333 e. The number of nitrogens with two attached hydrogens (primary N) is 1. The van der Waals surface area contributed by atoms with Crippen molar-refractivity contribution in [3.63, 3.8) is 0 Å². The Hall–Kier alpha value is -1.89. The van der Waals surface area contributed by atoms with Crippen LogP contribution in [-0.4, -0.2) is 31.1 Å². The van der Waals surface area contributed by atoms with Crippen molar-refractivity contribution in [3.05, 3.63) is 12.2 Å². The molecule has 0 bridgehead atoms. The highest BCUT2D eigenvalue weighted by atomic mass is 16.7. The van der Waals surface area contributed by atoms with E-state index in [2.05, 4.69) is 11.4 Å². The van der Waals surface area contributed by atoms with E-state index in [0.29, 0.717) is 23.8 Å². The minimum atomic E-state index is -0.418. The molecule has 2 rings (SSSR count). The van der Waals surface area contributed by atoms with Crippen molar-refractivity contribution in [2.24, 2.45) is 29.6 Å². The van der Waals surface area contributed by atoms with Crippen molar-refractivity contribution in [2.75, 3.05) is 13.2 Å². The predicted molar refractivity (Wildman–Crippen MR) is 103 cm³/mol. The minimum absolute atomic E-state index is 0.0298. The average Bonchev–Trinajstić information content (AvgIpc) is 2.72. The highest BCUT2D eigenvalue weighted by Gasteiger charge is 2.35. The Kier molecular flexibility index (Phi) is 8.96. The SMILES string of the molecule is C=C(C)C(=O)OCCCOC(=O)C1CCC(C2CCC(C(=O)ON)CC2)CC1. The zero-order valence-corrected chi connectivity index (χ0v) is 16.8. The Morgan fingerprint density at radius 3 is 1.75 bits per heavy atom. The summed E-state index contributed by atoms with van der Waals surface area (Å²) in [7, 11) is 0. The van der Waals surface area contributed by atoms with Gasteiger partial charge in [0, 0.05) is 12.0 Å². The van der Waals surface area contributed by atoms with Crippen molar-refractivity contribution in [1.29, 1.82) is 0 Å². The lowest BCUT2D eigenvalue weighted by Gasteiger charge is -2.36. The van der Waals surface area contributed by atoms with E-state index in [1.54, 1.807) is 6.92 Å². The monoisotopic (exact) mass is 395 g/mol. The van der Waals surface area contributed by atoms with Crippen LogP contribution in [0, 0.1) is 23.7 Å². The molecule has 2 N–H and O–H groups in total. The lowest BCUT2D eigenvalue weighted by Crippen LogP contribution is -2.31. The lowest BCUT2D eigenvalue weighted by molar-refractivity contribution is -0.152. The van der Waals surface area contributed by atoms with Crippen LogP contribution in [0.2, 0.25) is 0 Å². The molecule has 7 nitrogen and oxygen atoms in total. The summed E-state index contributed by atoms with van der Waals surface area (Å²) in [4.78, 5) is 39.4. The molecule has 0 aromatic heterocycles. The van der Waals surface area contributed by atoms with E-state index >= 15 is 0 Å². The van der Waals surface area contributed by atoms with Gasteiger partial charge in [-0.2, -0.15) is 5.90 Å². The third-order valence-electron chi connectivity index (χ3n) is 6.11. The van der Waals surface area contributed by atoms with Crippen LogP contribution >= 0.6 is 0 Å². The Bertz CT molecular complexity index is 559. The molecule has 2 aliphatic rings. The number of ether oxygens (including phenoxy) is 2. The van der Waals surface area contributed by atoms with Gasteiger partial charge in [0.05, 0.1) is 25.0 Å². The fraction of sp³-hybridized carbons (Fsp3) is 0.762. The Balaban J connectivity index is 1.60. The molecule has 0 amide bonds. The zero-order valence-electron chi connectivity index (χ0n) is 16.8. The molecule has 0 atom stereocenters. The summed E-state index contributed by atoms with van der Waals surface area (Å²) in [6.07, 6.45) is 8.04. The first-order chi connectivity index (χ1) is 13.4. The molecule has 0 heterocycles. The van der Waals surface area contributed by atoms with E-state index in [0.717, 1.165) is 51.4 Å². The van der Waals surface area contributed by atoms with Crippen LogP contribution in [0.25, 0.3) is 0 Å². The highest BCUT2D eigenvalue weighted by Crippen LogP contribution is 2.41. The summed E-state index contributed by atoms with van der Waals surface area (Å²) in [5.74, 6) is 5.30. The molecule has 28 heavy (non-hydrogen) atoms. The van der Waals surface area contributed by atoms with Gasteiger partial charge < -0.3 is 14.3 Å². The summed E-state index contributed by atoms with van der Waals surface area (Å²) in [5.41, 5.74) is 0.363. The molecule has 0 spiro atoms. The summed E-state index contributed by atoms with van der Waals surface area (Å²) in [6.45, 7) is 5.60. The second-order valence-corrected chi connectivity index (χ2v) is 8.10. The van der Waals surface area contributed by atoms with Crippen LogP contribution < -0.4 is 5.90 Å². The lowest BCUT2D eigenvalue weighted by atomic mass is 9.69. The number of carbonyl (C=O) groups is 3. The minimum Gasteiger partial charge on any atom is -0.465 e. The summed E-state index contributed by atoms with van der Waals surface area (Å²) in [6, 6.07) is 0. The van der Waals surface area contributed by atoms with Gasteiger partial charge in [0.1, 0.15) is 0 Å². The van der Waals surface area contributed by atoms with E-state index in [9.17, 15) is 14.4 Å². The quantitative estimate of drug-likeness (QED) is 0.291. The molecule has 2 saturated carbocycles. The molecular formula is C21H33NO6. The van der Waals surface area contributed by atoms with Crippen LogP contribution in [0.1, 0.15) is 64.7 Å². The molecule has 0 unspecified atom stereocenters. The summed E-state index contributed by atoms with van der Waals surface area (Å²) in [5, 5.41) is 0. The van der Waals surface area contributed by atoms with Crippen molar-refractivity contribution in [3.8, 4) is 0 Å². The first-order valence-corrected chi connectivity index (χ1v) is 10.3. The third kappa shape index (κ3) is 6.62. The average molecular weight is 395 g/mol. The standard InChI is InChI=1S/C21H33NO6/c1-14(2)19(23)26-12-3-13-27-20(24)17-8-4-15(5-9-17)16-6-10-18(11-7-16)21(25)28-22/h15-18H,1,3-13,22H2,2H3. The van der Waals surface area contributed by atoms with Crippen LogP contribution in [0.5, 0.6) is 0 Å². The number of hydrogen-bond acceptors (Lipinski definition) is 7. The van der Waals surface area contributed by atoms with E-state index in [-0.39, 0.29) is 37.0 Å². The smallest absolute Gasteiger partial charge is 0.333 e. The van der Waals surface area contributed by atoms with Gasteiger partial charge in [-0.1, -0.05) is 6.58 Å². The van der Waals surface area contributed by atoms with E-state index in [1.165, 1.54) is 0 Å². The second-order valence-electron chi connectivity index (χ2n) is 8.10. The summed E-state index contributed by atoms with van der Waals surface area (Å²) < 4.78 is 10.3. The van der Waals surface area contributed by atoms with Gasteiger partial charge in [0.15, 0.2) is 0 Å². The van der Waals surface area contributed by atoms with Gasteiger partial charge in [-0.05, 0) is 70.1 Å². The van der Waals surface area contributed by atoms with E-state index < -0.39 is 5.97 Å². The van der Waals surface area contributed by atoms with Gasteiger partial charge in [-0.15, -0.1) is 0 Å². The van der Waals surface area contributed by atoms with E-state index in [4.69, 9.17) is 15.4 Å². The van der Waals surface area contributed by atoms with Gasteiger partial charge in [0.2, 0.25) is 0 Å². The molecule has 2 fully saturated rings. The van der Waals surface area contributed by atoms with Crippen molar-refractivity contribution in [2.45, 2.75) is 64.7 Å². The molecule has 0 radical (unpaired) electrons. The predicted octanol–water partition coefficient (Wildman–Crippen LogP) is 3.07. The Morgan fingerprint density at radius 1 is 0.821 bits per heavy atom. The fourth-order valence-corrected chi connectivity index (χ4v) is 4.39. The topological polar surface area (TPSA) is 105 Å². The number of carbonyl (C=O) groups excluding carboxylic acids is 3. The molecular weight excluding hydrogens is 362 g/mol. The first-order valence-electron chi connectivity index (χ1n) is 10.3. The third-order valence-corrected chi connectivity index (χ3v) is 6.11. The summed E-state index contributed by atoms with van der Waals surface area (Å²) >= 11 is 0. The van der Waals surface area contributed by atoms with Gasteiger partial charge in [-0.25, -0.2) is 4.79 Å². The van der Waals surface area contributed by atoms with Crippen LogP contribution in [0.4, 0.5) is 0 Å². The van der Waals surface area contributed by atoms with Crippen molar-refractivity contribution in [1.82, 2.24) is 0 Å². The molecule has 158 valence electrons. The van der Waals surface area contributed by atoms with Crippen molar-refractivity contribution >= 4 is 17.9 Å². The van der Waals surface area contributed by atoms with Crippen LogP contribution in [0.15, 0.2) is 12.2 Å². The Labute approximate surface area is 166 Å². The van der Waals surface area contributed by atoms with Crippen molar-refractivity contribution < 1.29 is 28.7 Å². The largest absolute Gasteiger partial charge is 0.465 e. The highest BCUT2D eigenvalue weighted by molar-refractivity contribution is 5.86. The molecule has 0 aliphatic heterocycles. The molecule has 0 aromatic rings. The fourth-order valence-electron chi connectivity index (χ4n) is 4.39. The van der Waals surface area contributed by atoms with Gasteiger partial charge >= 0.3 is 17.9 Å². The molecule has 0 saturated heterocycles. The van der Waals surface area contributed by atoms with Gasteiger partial charge in [-0.3, -0.25) is 9.59 Å². The maximum absolute atomic E-state index is 12.2. The van der Waals surface area contributed by atoms with Gasteiger partial charge in [0.25, 0.3) is 0 Å². The van der Waals surface area contributed by atoms with Crippen LogP contribution in [0.3, 0.4) is 0 Å². The first kappa shape index (κ1) is 22.4. The number of esters is 2. The maximum atomic E-state index is 12.2. The normalized spacial score (nSPS) is 27.5. The second kappa shape index (κ2) is 11.2. The number of hydrogen-bond donors (Lipinski definition) is 1.